The van der Waals surface area contributed by atoms with Gasteiger partial charge in [0.15, 0.2) is 0 Å². The quantitative estimate of drug-likeness (QED) is 0.352. The van der Waals surface area contributed by atoms with Crippen LogP contribution in [0.5, 0.6) is 0 Å². The number of carbonyl (C=O) groups is 3. The zero-order chi connectivity index (χ0) is 29.7. The number of hydrogen-bond acceptors (Lipinski definition) is 3. The maximum atomic E-state index is 14.2. The molecule has 0 heterocycles. The van der Waals surface area contributed by atoms with Crippen molar-refractivity contribution in [2.75, 3.05) is 0 Å². The van der Waals surface area contributed by atoms with Crippen LogP contribution >= 0.6 is 0 Å². The van der Waals surface area contributed by atoms with Gasteiger partial charge in [-0.2, -0.15) is 0 Å². The van der Waals surface area contributed by atoms with Crippen molar-refractivity contribution >= 4 is 17.7 Å². The van der Waals surface area contributed by atoms with E-state index in [0.29, 0.717) is 24.0 Å². The topological polar surface area (TPSA) is 83.5 Å². The molecule has 224 valence electrons. The molecule has 5 heteroatoms. The van der Waals surface area contributed by atoms with Gasteiger partial charge in [-0.3, -0.25) is 9.59 Å². The van der Waals surface area contributed by atoms with Crippen LogP contribution in [0.4, 0.5) is 0 Å². The van der Waals surface area contributed by atoms with E-state index in [0.717, 1.165) is 57.8 Å². The maximum Gasteiger partial charge on any atom is 0.326 e. The van der Waals surface area contributed by atoms with Crippen LogP contribution in [0.3, 0.4) is 0 Å². The standard InChI is InChI=1S/C35H55NO4/c1-21(2)27(28(38)39)36-29(40)35-18-16-30(3,4)20-23(35)22-10-11-25-32(7)14-13-26(37)31(5,6)24(32)12-15-34(25,9)33(22,8)17-19-35/h10,21,23-25,27H,11-20H2,1-9H3,(H,36,40)(H,38,39)/t23-,24-,25+,27+,32-,33+,34+,35-/m0/s1. The average Bonchev–Trinajstić information content (AvgIpc) is 2.84. The maximum absolute atomic E-state index is 14.2. The summed E-state index contributed by atoms with van der Waals surface area (Å²) >= 11 is 0. The molecule has 0 unspecified atom stereocenters. The van der Waals surface area contributed by atoms with Crippen molar-refractivity contribution in [2.24, 2.45) is 56.2 Å². The van der Waals surface area contributed by atoms with Crippen LogP contribution in [-0.2, 0) is 14.4 Å². The summed E-state index contributed by atoms with van der Waals surface area (Å²) in [5.74, 6) is 0.382. The summed E-state index contributed by atoms with van der Waals surface area (Å²) in [6, 6.07) is -0.861. The third-order valence-corrected chi connectivity index (χ3v) is 14.1. The molecule has 5 aliphatic rings. The van der Waals surface area contributed by atoms with E-state index in [1.165, 1.54) is 5.57 Å². The Morgan fingerprint density at radius 1 is 0.925 bits per heavy atom. The molecular formula is C35H55NO4. The summed E-state index contributed by atoms with van der Waals surface area (Å²) in [4.78, 5) is 39.3. The number of rotatable bonds is 4. The van der Waals surface area contributed by atoms with Gasteiger partial charge in [-0.25, -0.2) is 4.79 Å². The summed E-state index contributed by atoms with van der Waals surface area (Å²) in [5, 5.41) is 12.9. The second-order valence-electron chi connectivity index (χ2n) is 17.0. The number of carbonyl (C=O) groups excluding carboxylic acids is 2. The normalized spacial score (nSPS) is 44.3. The van der Waals surface area contributed by atoms with Gasteiger partial charge in [0.1, 0.15) is 11.8 Å². The first kappa shape index (κ1) is 29.8. The highest BCUT2D eigenvalue weighted by Gasteiger charge is 2.69. The molecule has 0 radical (unpaired) electrons. The fraction of sp³-hybridized carbons (Fsp3) is 0.857. The number of amides is 1. The van der Waals surface area contributed by atoms with Crippen LogP contribution in [0.2, 0.25) is 0 Å². The number of allylic oxidation sites excluding steroid dienone is 2. The summed E-state index contributed by atoms with van der Waals surface area (Å²) in [6.45, 7) is 20.4. The summed E-state index contributed by atoms with van der Waals surface area (Å²) < 4.78 is 0. The van der Waals surface area contributed by atoms with Crippen molar-refractivity contribution < 1.29 is 19.5 Å². The predicted molar refractivity (Wildman–Crippen MR) is 158 cm³/mol. The summed E-state index contributed by atoms with van der Waals surface area (Å²) in [6.07, 6.45) is 12.1. The molecule has 4 saturated carbocycles. The number of carboxylic acids is 1. The molecule has 8 atom stereocenters. The third-order valence-electron chi connectivity index (χ3n) is 14.1. The monoisotopic (exact) mass is 553 g/mol. The highest BCUT2D eigenvalue weighted by atomic mass is 16.4. The number of aliphatic carboxylic acids is 1. The highest BCUT2D eigenvalue weighted by molar-refractivity contribution is 5.88. The highest BCUT2D eigenvalue weighted by Crippen LogP contribution is 2.75. The van der Waals surface area contributed by atoms with E-state index < -0.39 is 17.4 Å². The Morgan fingerprint density at radius 2 is 1.57 bits per heavy atom. The molecule has 0 bridgehead atoms. The lowest BCUT2D eigenvalue weighted by molar-refractivity contribution is -0.186. The Hall–Kier alpha value is -1.65. The number of carboxylic acid groups (broad SMARTS) is 1. The minimum Gasteiger partial charge on any atom is -0.480 e. The van der Waals surface area contributed by atoms with Crippen molar-refractivity contribution in [1.82, 2.24) is 5.32 Å². The Morgan fingerprint density at radius 3 is 2.20 bits per heavy atom. The van der Waals surface area contributed by atoms with Gasteiger partial charge in [0.25, 0.3) is 0 Å². The smallest absolute Gasteiger partial charge is 0.326 e. The van der Waals surface area contributed by atoms with E-state index >= 15 is 0 Å². The molecule has 2 N–H and O–H groups in total. The molecule has 1 amide bonds. The van der Waals surface area contributed by atoms with E-state index in [2.05, 4.69) is 59.9 Å². The van der Waals surface area contributed by atoms with Gasteiger partial charge in [-0.15, -0.1) is 0 Å². The van der Waals surface area contributed by atoms with Crippen LogP contribution in [0.25, 0.3) is 0 Å². The second kappa shape index (κ2) is 9.17. The molecular weight excluding hydrogens is 498 g/mol. The van der Waals surface area contributed by atoms with Gasteiger partial charge >= 0.3 is 5.97 Å². The molecule has 40 heavy (non-hydrogen) atoms. The van der Waals surface area contributed by atoms with Gasteiger partial charge in [0.2, 0.25) is 5.91 Å². The van der Waals surface area contributed by atoms with Crippen LogP contribution < -0.4 is 5.32 Å². The first-order valence-corrected chi connectivity index (χ1v) is 16.1. The lowest BCUT2D eigenvalue weighted by Crippen LogP contribution is -2.65. The predicted octanol–water partition coefficient (Wildman–Crippen LogP) is 7.58. The van der Waals surface area contributed by atoms with Crippen molar-refractivity contribution in [1.29, 1.82) is 0 Å². The third kappa shape index (κ3) is 3.94. The number of hydrogen-bond donors (Lipinski definition) is 2. The molecule has 4 fully saturated rings. The number of nitrogens with one attached hydrogen (secondary N) is 1. The fourth-order valence-corrected chi connectivity index (χ4v) is 11.2. The molecule has 0 aromatic heterocycles. The second-order valence-corrected chi connectivity index (χ2v) is 17.0. The lowest BCUT2D eigenvalue weighted by atomic mass is 9.33. The van der Waals surface area contributed by atoms with Crippen molar-refractivity contribution in [3.8, 4) is 0 Å². The molecule has 5 rings (SSSR count). The van der Waals surface area contributed by atoms with E-state index in [-0.39, 0.29) is 44.8 Å². The molecule has 0 aliphatic heterocycles. The van der Waals surface area contributed by atoms with Crippen LogP contribution in [0.1, 0.15) is 127 Å². The zero-order valence-electron chi connectivity index (χ0n) is 26.7. The number of ketones is 1. The van der Waals surface area contributed by atoms with Crippen LogP contribution in [0, 0.1) is 56.2 Å². The largest absolute Gasteiger partial charge is 0.480 e. The van der Waals surface area contributed by atoms with E-state index in [1.54, 1.807) is 0 Å². The summed E-state index contributed by atoms with van der Waals surface area (Å²) in [7, 11) is 0. The van der Waals surface area contributed by atoms with Crippen molar-refractivity contribution in [3.63, 3.8) is 0 Å². The molecule has 0 spiro atoms. The van der Waals surface area contributed by atoms with Crippen LogP contribution in [-0.4, -0.2) is 28.8 Å². The van der Waals surface area contributed by atoms with Crippen LogP contribution in [0.15, 0.2) is 11.6 Å². The molecule has 0 aromatic rings. The van der Waals surface area contributed by atoms with Gasteiger partial charge in [0, 0.05) is 11.8 Å². The first-order valence-electron chi connectivity index (χ1n) is 16.1. The molecule has 0 aromatic carbocycles. The number of fused-ring (bicyclic) bond motifs is 7. The van der Waals surface area contributed by atoms with Gasteiger partial charge < -0.3 is 10.4 Å². The Kier molecular flexibility index (Phi) is 6.84. The fourth-order valence-electron chi connectivity index (χ4n) is 11.2. The lowest BCUT2D eigenvalue weighted by Gasteiger charge is -2.70. The van der Waals surface area contributed by atoms with Gasteiger partial charge in [0.05, 0.1) is 5.41 Å². The Labute approximate surface area is 242 Å². The van der Waals surface area contributed by atoms with Gasteiger partial charge in [-0.05, 0) is 103 Å². The first-order chi connectivity index (χ1) is 18.4. The van der Waals surface area contributed by atoms with Crippen molar-refractivity contribution in [2.45, 2.75) is 133 Å². The summed E-state index contributed by atoms with van der Waals surface area (Å²) in [5.41, 5.74) is 1.10. The average molecular weight is 554 g/mol. The van der Waals surface area contributed by atoms with E-state index in [1.807, 2.05) is 13.8 Å². The molecule has 5 nitrogen and oxygen atoms in total. The zero-order valence-corrected chi connectivity index (χ0v) is 26.7. The van der Waals surface area contributed by atoms with E-state index in [9.17, 15) is 19.5 Å². The molecule has 5 aliphatic carbocycles. The van der Waals surface area contributed by atoms with E-state index in [4.69, 9.17) is 0 Å². The minimum atomic E-state index is -0.945. The van der Waals surface area contributed by atoms with Gasteiger partial charge in [-0.1, -0.05) is 74.0 Å². The number of Topliss-reactive ketones (excluding diaryl/α,β-unsaturated/α-hetero) is 1. The molecule has 0 saturated heterocycles. The Balaban J connectivity index is 1.56. The Bertz CT molecular complexity index is 1130. The SMILES string of the molecule is CC(C)[C@@H](NC(=O)[C@]12CCC(C)(C)C[C@H]1C1=CC[C@@H]3[C@@]4(C)CCC(=O)C(C)(C)[C@@H]4CC[C@@]3(C)[C@]1(C)CC2)C(=O)O. The minimum absolute atomic E-state index is 0.00160. The van der Waals surface area contributed by atoms with Crippen molar-refractivity contribution in [3.05, 3.63) is 11.6 Å².